The summed E-state index contributed by atoms with van der Waals surface area (Å²) in [5.74, 6) is 0. The van der Waals surface area contributed by atoms with Gasteiger partial charge in [0.1, 0.15) is 11.2 Å². The van der Waals surface area contributed by atoms with Gasteiger partial charge in [-0.25, -0.2) is 4.79 Å². The number of H-pyrrole nitrogens is 3. The van der Waals surface area contributed by atoms with Crippen LogP contribution < -0.4 is 11.2 Å². The van der Waals surface area contributed by atoms with Crippen molar-refractivity contribution in [3.63, 3.8) is 0 Å². The van der Waals surface area contributed by atoms with Crippen LogP contribution in [0.1, 0.15) is 5.56 Å². The van der Waals surface area contributed by atoms with Crippen LogP contribution in [0.25, 0.3) is 11.2 Å². The first-order chi connectivity index (χ1) is 9.15. The van der Waals surface area contributed by atoms with Gasteiger partial charge in [0.25, 0.3) is 5.56 Å². The summed E-state index contributed by atoms with van der Waals surface area (Å²) in [6.07, 6.45) is 0. The Balaban J connectivity index is 2.26. The van der Waals surface area contributed by atoms with Crippen molar-refractivity contribution in [2.45, 2.75) is 6.54 Å². The summed E-state index contributed by atoms with van der Waals surface area (Å²) >= 11 is 4.96. The lowest BCUT2D eigenvalue weighted by Gasteiger charge is -2.06. The second kappa shape index (κ2) is 4.36. The van der Waals surface area contributed by atoms with Gasteiger partial charge in [0, 0.05) is 0 Å². The molecule has 0 saturated heterocycles. The van der Waals surface area contributed by atoms with E-state index in [0.717, 1.165) is 5.56 Å². The standard InChI is InChI=1S/C12H10N4O2S/c17-10-8-9(14-11(19)13-8)16(12(18)15-10)6-7-4-2-1-3-5-7/h1-5H,6H2,(H2,13,14,19)(H,15,17,18). The minimum Gasteiger partial charge on any atom is -0.325 e. The Hall–Kier alpha value is -2.41. The first-order valence-corrected chi connectivity index (χ1v) is 6.05. The average Bonchev–Trinajstić information content (AvgIpc) is 2.78. The van der Waals surface area contributed by atoms with Gasteiger partial charge in [-0.15, -0.1) is 0 Å². The summed E-state index contributed by atoms with van der Waals surface area (Å²) < 4.78 is 1.76. The Bertz CT molecular complexity index is 901. The zero-order chi connectivity index (χ0) is 13.4. The molecular weight excluding hydrogens is 264 g/mol. The number of imidazole rings is 1. The molecule has 0 radical (unpaired) electrons. The number of hydrogen-bond acceptors (Lipinski definition) is 3. The molecule has 0 aliphatic rings. The summed E-state index contributed by atoms with van der Waals surface area (Å²) in [5, 5.41) is 0. The van der Waals surface area contributed by atoms with Crippen LogP contribution in [0.4, 0.5) is 0 Å². The Morgan fingerprint density at radius 3 is 2.53 bits per heavy atom. The minimum absolute atomic E-state index is 0.278. The molecule has 19 heavy (non-hydrogen) atoms. The molecule has 0 saturated carbocycles. The molecule has 0 bridgehead atoms. The molecule has 0 unspecified atom stereocenters. The van der Waals surface area contributed by atoms with Gasteiger partial charge in [-0.05, 0) is 17.8 Å². The fraction of sp³-hybridized carbons (Fsp3) is 0.0833. The molecule has 3 rings (SSSR count). The number of rotatable bonds is 2. The average molecular weight is 274 g/mol. The Morgan fingerprint density at radius 1 is 1.05 bits per heavy atom. The lowest BCUT2D eigenvalue weighted by molar-refractivity contribution is 0.748. The normalized spacial score (nSPS) is 10.9. The molecule has 0 aliphatic heterocycles. The first kappa shape index (κ1) is 11.7. The van der Waals surface area contributed by atoms with E-state index in [9.17, 15) is 9.59 Å². The fourth-order valence-corrected chi connectivity index (χ4v) is 2.18. The van der Waals surface area contributed by atoms with Crippen LogP contribution in [0.5, 0.6) is 0 Å². The van der Waals surface area contributed by atoms with E-state index in [1.807, 2.05) is 30.3 Å². The third-order valence-electron chi connectivity index (χ3n) is 2.85. The number of aromatic amines is 3. The van der Waals surface area contributed by atoms with Crippen molar-refractivity contribution in [1.82, 2.24) is 19.5 Å². The van der Waals surface area contributed by atoms with Gasteiger partial charge >= 0.3 is 5.69 Å². The molecule has 7 heteroatoms. The molecule has 96 valence electrons. The van der Waals surface area contributed by atoms with Crippen molar-refractivity contribution in [2.24, 2.45) is 0 Å². The van der Waals surface area contributed by atoms with Crippen molar-refractivity contribution >= 4 is 23.4 Å². The highest BCUT2D eigenvalue weighted by Crippen LogP contribution is 2.06. The Morgan fingerprint density at radius 2 is 1.79 bits per heavy atom. The molecule has 2 heterocycles. The maximum absolute atomic E-state index is 11.9. The van der Waals surface area contributed by atoms with Crippen molar-refractivity contribution in [2.75, 3.05) is 0 Å². The maximum atomic E-state index is 11.9. The summed E-state index contributed by atoms with van der Waals surface area (Å²) in [4.78, 5) is 31.4. The first-order valence-electron chi connectivity index (χ1n) is 5.64. The highest BCUT2D eigenvalue weighted by Gasteiger charge is 2.09. The van der Waals surface area contributed by atoms with Crippen LogP contribution in [0.15, 0.2) is 39.9 Å². The number of fused-ring (bicyclic) bond motifs is 1. The largest absolute Gasteiger partial charge is 0.330 e. The zero-order valence-electron chi connectivity index (χ0n) is 9.77. The predicted octanol–water partition coefficient (Wildman–Crippen LogP) is 1.12. The van der Waals surface area contributed by atoms with E-state index in [1.165, 1.54) is 4.57 Å². The van der Waals surface area contributed by atoms with E-state index < -0.39 is 11.2 Å². The van der Waals surface area contributed by atoms with Crippen LogP contribution in [0.3, 0.4) is 0 Å². The highest BCUT2D eigenvalue weighted by atomic mass is 32.1. The Kier molecular flexibility index (Phi) is 2.68. The Labute approximate surface area is 111 Å². The molecule has 6 nitrogen and oxygen atoms in total. The quantitative estimate of drug-likeness (QED) is 0.612. The second-order valence-corrected chi connectivity index (χ2v) is 4.54. The van der Waals surface area contributed by atoms with Crippen molar-refractivity contribution in [3.05, 3.63) is 61.5 Å². The molecule has 1 aromatic carbocycles. The van der Waals surface area contributed by atoms with Gasteiger partial charge in [-0.2, -0.15) is 0 Å². The third-order valence-corrected chi connectivity index (χ3v) is 3.06. The number of hydrogen-bond donors (Lipinski definition) is 3. The molecular formula is C12H10N4O2S. The maximum Gasteiger partial charge on any atom is 0.330 e. The summed E-state index contributed by atoms with van der Waals surface area (Å²) in [6, 6.07) is 9.50. The van der Waals surface area contributed by atoms with Crippen LogP contribution in [-0.2, 0) is 6.54 Å². The molecule has 0 aliphatic carbocycles. The van der Waals surface area contributed by atoms with E-state index in [2.05, 4.69) is 15.0 Å². The second-order valence-electron chi connectivity index (χ2n) is 4.13. The van der Waals surface area contributed by atoms with E-state index in [-0.39, 0.29) is 5.52 Å². The van der Waals surface area contributed by atoms with E-state index in [0.29, 0.717) is 17.0 Å². The predicted molar refractivity (Wildman–Crippen MR) is 73.9 cm³/mol. The summed E-state index contributed by atoms with van der Waals surface area (Å²) in [6.45, 7) is 0.357. The van der Waals surface area contributed by atoms with Gasteiger partial charge < -0.3 is 9.97 Å². The molecule has 3 N–H and O–H groups in total. The van der Waals surface area contributed by atoms with Gasteiger partial charge in [-0.3, -0.25) is 14.3 Å². The monoisotopic (exact) mass is 274 g/mol. The van der Waals surface area contributed by atoms with Gasteiger partial charge in [0.2, 0.25) is 0 Å². The number of benzene rings is 1. The topological polar surface area (TPSA) is 86.4 Å². The van der Waals surface area contributed by atoms with E-state index in [1.54, 1.807) is 0 Å². The summed E-state index contributed by atoms with van der Waals surface area (Å²) in [7, 11) is 0. The number of aromatic nitrogens is 4. The number of nitrogens with zero attached hydrogens (tertiary/aromatic N) is 1. The van der Waals surface area contributed by atoms with Gasteiger partial charge in [0.15, 0.2) is 4.77 Å². The number of nitrogens with one attached hydrogen (secondary N) is 3. The summed E-state index contributed by atoms with van der Waals surface area (Å²) in [5.41, 5.74) is 0.699. The van der Waals surface area contributed by atoms with Gasteiger partial charge in [-0.1, -0.05) is 30.3 Å². The van der Waals surface area contributed by atoms with Crippen LogP contribution in [-0.4, -0.2) is 19.5 Å². The smallest absolute Gasteiger partial charge is 0.325 e. The lowest BCUT2D eigenvalue weighted by atomic mass is 10.2. The van der Waals surface area contributed by atoms with E-state index >= 15 is 0 Å². The molecule has 0 amide bonds. The lowest BCUT2D eigenvalue weighted by Crippen LogP contribution is -2.30. The van der Waals surface area contributed by atoms with Gasteiger partial charge in [0.05, 0.1) is 6.54 Å². The fourth-order valence-electron chi connectivity index (χ4n) is 1.99. The molecule has 3 aromatic rings. The zero-order valence-corrected chi connectivity index (χ0v) is 10.6. The molecule has 0 fully saturated rings. The SMILES string of the molecule is O=c1[nH]c(=O)n(Cc2ccccc2)c2[nH]c(=S)[nH]c12. The van der Waals surface area contributed by atoms with Crippen LogP contribution in [0.2, 0.25) is 0 Å². The molecule has 0 spiro atoms. The highest BCUT2D eigenvalue weighted by molar-refractivity contribution is 7.71. The minimum atomic E-state index is -0.475. The van der Waals surface area contributed by atoms with Crippen molar-refractivity contribution in [3.8, 4) is 0 Å². The van der Waals surface area contributed by atoms with Crippen LogP contribution in [0, 0.1) is 4.77 Å². The molecule has 2 aromatic heterocycles. The third kappa shape index (κ3) is 2.04. The van der Waals surface area contributed by atoms with Crippen molar-refractivity contribution in [1.29, 1.82) is 0 Å². The van der Waals surface area contributed by atoms with E-state index in [4.69, 9.17) is 12.2 Å². The van der Waals surface area contributed by atoms with Crippen LogP contribution >= 0.6 is 12.2 Å². The van der Waals surface area contributed by atoms with Crippen molar-refractivity contribution < 1.29 is 0 Å². The molecule has 0 atom stereocenters.